The van der Waals surface area contributed by atoms with Gasteiger partial charge in [0, 0.05) is 37.4 Å². The summed E-state index contributed by atoms with van der Waals surface area (Å²) in [4.78, 5) is 22.8. The van der Waals surface area contributed by atoms with Crippen molar-refractivity contribution in [2.75, 3.05) is 7.05 Å². The minimum Gasteiger partial charge on any atom is -0.350 e. The zero-order chi connectivity index (χ0) is 18.8. The lowest BCUT2D eigenvalue weighted by atomic mass is 10.1. The molecule has 0 radical (unpaired) electrons. The number of carbonyl (C=O) groups is 1. The van der Waals surface area contributed by atoms with Gasteiger partial charge in [0.2, 0.25) is 17.6 Å². The molecule has 4 aromatic rings. The molecule has 3 aromatic heterocycles. The lowest BCUT2D eigenvalue weighted by molar-refractivity contribution is -0.130. The molecule has 0 spiro atoms. The first-order chi connectivity index (χ1) is 13.1. The molecule has 0 fully saturated rings. The number of nitrogens with zero attached hydrogens (tertiary/aromatic N) is 5. The van der Waals surface area contributed by atoms with Gasteiger partial charge in [0.1, 0.15) is 5.69 Å². The van der Waals surface area contributed by atoms with Crippen LogP contribution in [0.15, 0.2) is 59.4 Å². The van der Waals surface area contributed by atoms with Gasteiger partial charge in [-0.15, -0.1) is 0 Å². The maximum absolute atomic E-state index is 12.7. The van der Waals surface area contributed by atoms with E-state index >= 15 is 0 Å². The first kappa shape index (κ1) is 17.0. The zero-order valence-electron chi connectivity index (χ0n) is 15.2. The monoisotopic (exact) mass is 361 g/mol. The summed E-state index contributed by atoms with van der Waals surface area (Å²) < 4.78 is 7.30. The van der Waals surface area contributed by atoms with E-state index < -0.39 is 0 Å². The highest BCUT2D eigenvalue weighted by Gasteiger charge is 2.17. The number of hydrogen-bond acceptors (Lipinski definition) is 5. The van der Waals surface area contributed by atoms with Gasteiger partial charge in [-0.1, -0.05) is 29.4 Å². The Balaban J connectivity index is 1.46. The number of carbonyl (C=O) groups excluding carboxylic acids is 1. The van der Waals surface area contributed by atoms with E-state index in [-0.39, 0.29) is 12.5 Å². The average Bonchev–Trinajstić information content (AvgIpc) is 3.28. The molecule has 0 saturated heterocycles. The Kier molecular flexibility index (Phi) is 4.42. The Hall–Kier alpha value is -3.48. The van der Waals surface area contributed by atoms with Crippen molar-refractivity contribution in [1.29, 1.82) is 0 Å². The Morgan fingerprint density at radius 3 is 2.81 bits per heavy atom. The van der Waals surface area contributed by atoms with Crippen LogP contribution in [-0.4, -0.2) is 37.5 Å². The maximum atomic E-state index is 12.7. The van der Waals surface area contributed by atoms with Crippen LogP contribution in [0.5, 0.6) is 0 Å². The van der Waals surface area contributed by atoms with Gasteiger partial charge < -0.3 is 14.0 Å². The first-order valence-electron chi connectivity index (χ1n) is 8.62. The van der Waals surface area contributed by atoms with Crippen LogP contribution in [0.25, 0.3) is 22.4 Å². The number of rotatable bonds is 5. The van der Waals surface area contributed by atoms with Gasteiger partial charge in [0.25, 0.3) is 0 Å². The van der Waals surface area contributed by atoms with Crippen LogP contribution in [0.4, 0.5) is 0 Å². The topological polar surface area (TPSA) is 77.1 Å². The first-order valence-corrected chi connectivity index (χ1v) is 8.62. The minimum absolute atomic E-state index is 0.0102. The molecule has 0 N–H and O–H groups in total. The second-order valence-electron chi connectivity index (χ2n) is 6.44. The lowest BCUT2D eigenvalue weighted by Gasteiger charge is -2.14. The van der Waals surface area contributed by atoms with E-state index in [0.717, 1.165) is 16.5 Å². The molecule has 0 unspecified atom stereocenters. The Labute approximate surface area is 156 Å². The van der Waals surface area contributed by atoms with E-state index in [2.05, 4.69) is 15.1 Å². The van der Waals surface area contributed by atoms with Gasteiger partial charge in [-0.05, 0) is 23.8 Å². The number of fused-ring (bicyclic) bond motifs is 1. The molecule has 0 aliphatic carbocycles. The van der Waals surface area contributed by atoms with E-state index in [1.165, 1.54) is 0 Å². The molecule has 27 heavy (non-hydrogen) atoms. The fourth-order valence-corrected chi connectivity index (χ4v) is 3.07. The van der Waals surface area contributed by atoms with Crippen LogP contribution in [-0.2, 0) is 24.8 Å². The summed E-state index contributed by atoms with van der Waals surface area (Å²) in [5.41, 5.74) is 2.75. The molecule has 0 aliphatic heterocycles. The predicted octanol–water partition coefficient (Wildman–Crippen LogP) is 2.82. The largest absolute Gasteiger partial charge is 0.350 e. The van der Waals surface area contributed by atoms with Crippen LogP contribution in [0.3, 0.4) is 0 Å². The Bertz CT molecular complexity index is 1080. The zero-order valence-corrected chi connectivity index (χ0v) is 15.2. The van der Waals surface area contributed by atoms with Gasteiger partial charge >= 0.3 is 0 Å². The molecule has 3 heterocycles. The van der Waals surface area contributed by atoms with E-state index in [1.54, 1.807) is 18.1 Å². The number of para-hydroxylation sites is 1. The van der Waals surface area contributed by atoms with Gasteiger partial charge in [-0.3, -0.25) is 9.78 Å². The number of benzene rings is 1. The van der Waals surface area contributed by atoms with Crippen molar-refractivity contribution < 1.29 is 9.32 Å². The van der Waals surface area contributed by atoms with Crippen molar-refractivity contribution in [3.05, 3.63) is 66.3 Å². The number of aromatic nitrogens is 4. The SMILES string of the molecule is CN(Cc1nc(-c2ccccn2)no1)C(=O)Cc1cn(C)c2ccccc12. The van der Waals surface area contributed by atoms with E-state index in [4.69, 9.17) is 4.52 Å². The highest BCUT2D eigenvalue weighted by atomic mass is 16.5. The smallest absolute Gasteiger partial charge is 0.246 e. The van der Waals surface area contributed by atoms with Gasteiger partial charge in [-0.2, -0.15) is 4.98 Å². The lowest BCUT2D eigenvalue weighted by Crippen LogP contribution is -2.27. The van der Waals surface area contributed by atoms with Crippen LogP contribution in [0.1, 0.15) is 11.5 Å². The van der Waals surface area contributed by atoms with Crippen molar-refractivity contribution in [3.8, 4) is 11.5 Å². The predicted molar refractivity (Wildman–Crippen MR) is 101 cm³/mol. The summed E-state index contributed by atoms with van der Waals surface area (Å²) in [6.45, 7) is 0.253. The molecule has 7 heteroatoms. The molecular formula is C20H19N5O2. The number of likely N-dealkylation sites (N-methyl/N-ethyl adjacent to an activating group) is 1. The number of hydrogen-bond donors (Lipinski definition) is 0. The van der Waals surface area contributed by atoms with Crippen molar-refractivity contribution in [2.24, 2.45) is 7.05 Å². The third-order valence-electron chi connectivity index (χ3n) is 4.48. The van der Waals surface area contributed by atoms with Crippen LogP contribution in [0.2, 0.25) is 0 Å². The fourth-order valence-electron chi connectivity index (χ4n) is 3.07. The summed E-state index contributed by atoms with van der Waals surface area (Å²) in [5.74, 6) is 0.786. The van der Waals surface area contributed by atoms with Crippen LogP contribution < -0.4 is 0 Å². The van der Waals surface area contributed by atoms with Crippen molar-refractivity contribution in [3.63, 3.8) is 0 Å². The summed E-state index contributed by atoms with van der Waals surface area (Å²) >= 11 is 0. The fraction of sp³-hybridized carbons (Fsp3) is 0.200. The normalized spacial score (nSPS) is 11.0. The van der Waals surface area contributed by atoms with Gasteiger partial charge in [-0.25, -0.2) is 0 Å². The molecule has 0 saturated carbocycles. The standard InChI is InChI=1S/C20H19N5O2/c1-24-12-14(15-7-3-4-9-17(15)24)11-19(26)25(2)13-18-22-20(23-27-18)16-8-5-6-10-21-16/h3-10,12H,11,13H2,1-2H3. The Morgan fingerprint density at radius 2 is 2.00 bits per heavy atom. The summed E-state index contributed by atoms with van der Waals surface area (Å²) in [6, 6.07) is 13.6. The number of amides is 1. The van der Waals surface area contributed by atoms with Crippen molar-refractivity contribution in [2.45, 2.75) is 13.0 Å². The molecule has 0 aliphatic rings. The molecular weight excluding hydrogens is 342 g/mol. The van der Waals surface area contributed by atoms with Crippen LogP contribution >= 0.6 is 0 Å². The maximum Gasteiger partial charge on any atom is 0.246 e. The highest BCUT2D eigenvalue weighted by Crippen LogP contribution is 2.21. The van der Waals surface area contributed by atoms with Crippen LogP contribution in [0, 0.1) is 0 Å². The van der Waals surface area contributed by atoms with E-state index in [1.807, 2.05) is 60.3 Å². The molecule has 4 rings (SSSR count). The molecule has 0 atom stereocenters. The third-order valence-corrected chi connectivity index (χ3v) is 4.48. The van der Waals surface area contributed by atoms with E-state index in [9.17, 15) is 4.79 Å². The second-order valence-corrected chi connectivity index (χ2v) is 6.44. The van der Waals surface area contributed by atoms with E-state index in [0.29, 0.717) is 23.8 Å². The molecule has 0 bridgehead atoms. The summed E-state index contributed by atoms with van der Waals surface area (Å²) in [7, 11) is 3.72. The van der Waals surface area contributed by atoms with Crippen molar-refractivity contribution >= 4 is 16.8 Å². The summed E-state index contributed by atoms with van der Waals surface area (Å²) in [6.07, 6.45) is 3.99. The quantitative estimate of drug-likeness (QED) is 0.546. The molecule has 136 valence electrons. The minimum atomic E-state index is -0.0102. The third kappa shape index (κ3) is 3.44. The Morgan fingerprint density at radius 1 is 1.19 bits per heavy atom. The van der Waals surface area contributed by atoms with Gasteiger partial charge in [0.05, 0.1) is 13.0 Å². The van der Waals surface area contributed by atoms with Crippen molar-refractivity contribution in [1.82, 2.24) is 24.6 Å². The van der Waals surface area contributed by atoms with Gasteiger partial charge in [0.15, 0.2) is 0 Å². The second kappa shape index (κ2) is 7.03. The molecule has 1 aromatic carbocycles. The highest BCUT2D eigenvalue weighted by molar-refractivity contribution is 5.89. The number of aryl methyl sites for hydroxylation is 1. The molecule has 1 amide bonds. The summed E-state index contributed by atoms with van der Waals surface area (Å²) in [5, 5.41) is 5.03. The number of pyridine rings is 1. The molecule has 7 nitrogen and oxygen atoms in total. The average molecular weight is 361 g/mol.